The number of nitrogens with one attached hydrogen (secondary N) is 1. The quantitative estimate of drug-likeness (QED) is 0.199. The SMILES string of the molecule is CCCCCCCC/C=C\CCCCCCCC(=O)Nc1ccc(OCC)cc1. The third kappa shape index (κ3) is 14.8. The molecule has 0 aliphatic carbocycles. The van der Waals surface area contributed by atoms with Gasteiger partial charge >= 0.3 is 0 Å². The maximum atomic E-state index is 12.0. The Morgan fingerprint density at radius 2 is 1.34 bits per heavy atom. The smallest absolute Gasteiger partial charge is 0.224 e. The molecule has 29 heavy (non-hydrogen) atoms. The van der Waals surface area contributed by atoms with E-state index < -0.39 is 0 Å². The summed E-state index contributed by atoms with van der Waals surface area (Å²) in [4.78, 5) is 12.0. The summed E-state index contributed by atoms with van der Waals surface area (Å²) in [5.74, 6) is 0.939. The van der Waals surface area contributed by atoms with Crippen LogP contribution < -0.4 is 10.1 Å². The number of ether oxygens (including phenoxy) is 1. The number of anilines is 1. The van der Waals surface area contributed by atoms with Crippen molar-refractivity contribution in [2.45, 2.75) is 104 Å². The first-order valence-corrected chi connectivity index (χ1v) is 11.9. The van der Waals surface area contributed by atoms with Gasteiger partial charge in [0.15, 0.2) is 0 Å². The lowest BCUT2D eigenvalue weighted by Gasteiger charge is -2.07. The molecule has 0 saturated carbocycles. The van der Waals surface area contributed by atoms with Crippen LogP contribution in [0.15, 0.2) is 36.4 Å². The fourth-order valence-electron chi connectivity index (χ4n) is 3.38. The van der Waals surface area contributed by atoms with Crippen LogP contribution in [0, 0.1) is 0 Å². The largest absolute Gasteiger partial charge is 0.494 e. The van der Waals surface area contributed by atoms with E-state index in [1.165, 1.54) is 70.6 Å². The van der Waals surface area contributed by atoms with Crippen LogP contribution in [0.25, 0.3) is 0 Å². The van der Waals surface area contributed by atoms with Gasteiger partial charge < -0.3 is 10.1 Å². The van der Waals surface area contributed by atoms with Gasteiger partial charge in [0.25, 0.3) is 0 Å². The first kappa shape index (κ1) is 25.3. The van der Waals surface area contributed by atoms with E-state index in [9.17, 15) is 4.79 Å². The summed E-state index contributed by atoms with van der Waals surface area (Å²) < 4.78 is 5.41. The van der Waals surface area contributed by atoms with Crippen LogP contribution in [0.4, 0.5) is 5.69 Å². The number of hydrogen-bond donors (Lipinski definition) is 1. The first-order chi connectivity index (χ1) is 14.3. The number of carbonyl (C=O) groups excluding carboxylic acids is 1. The average molecular weight is 402 g/mol. The van der Waals surface area contributed by atoms with Crippen LogP contribution in [0.2, 0.25) is 0 Å². The second-order valence-corrected chi connectivity index (χ2v) is 7.84. The van der Waals surface area contributed by atoms with Crippen molar-refractivity contribution in [1.29, 1.82) is 0 Å². The van der Waals surface area contributed by atoms with Crippen molar-refractivity contribution in [3.8, 4) is 5.75 Å². The number of carbonyl (C=O) groups is 1. The van der Waals surface area contributed by atoms with Gasteiger partial charge in [-0.2, -0.15) is 0 Å². The molecule has 1 aromatic rings. The van der Waals surface area contributed by atoms with E-state index in [2.05, 4.69) is 24.4 Å². The number of benzene rings is 1. The maximum absolute atomic E-state index is 12.0. The molecule has 0 fully saturated rings. The zero-order valence-electron chi connectivity index (χ0n) is 18.9. The highest BCUT2D eigenvalue weighted by Gasteiger charge is 2.02. The highest BCUT2D eigenvalue weighted by Crippen LogP contribution is 2.16. The summed E-state index contributed by atoms with van der Waals surface area (Å²) in [6, 6.07) is 7.56. The lowest BCUT2D eigenvalue weighted by Crippen LogP contribution is -2.10. The minimum Gasteiger partial charge on any atom is -0.494 e. The van der Waals surface area contributed by atoms with Gasteiger partial charge in [0.1, 0.15) is 5.75 Å². The minimum absolute atomic E-state index is 0.104. The number of allylic oxidation sites excluding steroid dienone is 2. The van der Waals surface area contributed by atoms with E-state index in [4.69, 9.17) is 4.74 Å². The summed E-state index contributed by atoms with van der Waals surface area (Å²) in [7, 11) is 0. The van der Waals surface area contributed by atoms with Crippen LogP contribution in [0.1, 0.15) is 104 Å². The third-order valence-electron chi connectivity index (χ3n) is 5.11. The molecule has 0 aromatic heterocycles. The van der Waals surface area contributed by atoms with Crippen LogP contribution in [-0.2, 0) is 4.79 Å². The molecule has 0 spiro atoms. The zero-order valence-corrected chi connectivity index (χ0v) is 18.9. The van der Waals surface area contributed by atoms with E-state index >= 15 is 0 Å². The third-order valence-corrected chi connectivity index (χ3v) is 5.11. The molecule has 0 heterocycles. The summed E-state index contributed by atoms with van der Waals surface area (Å²) in [5, 5.41) is 2.96. The Kier molecular flexibility index (Phi) is 15.9. The molecule has 1 amide bonds. The molecule has 0 atom stereocenters. The molecule has 1 aromatic carbocycles. The van der Waals surface area contributed by atoms with Gasteiger partial charge in [-0.15, -0.1) is 0 Å². The van der Waals surface area contributed by atoms with Crippen molar-refractivity contribution in [3.63, 3.8) is 0 Å². The molecule has 0 aliphatic heterocycles. The number of hydrogen-bond acceptors (Lipinski definition) is 2. The molecule has 3 nitrogen and oxygen atoms in total. The average Bonchev–Trinajstić information content (AvgIpc) is 2.72. The molecule has 0 unspecified atom stereocenters. The van der Waals surface area contributed by atoms with Gasteiger partial charge in [0.2, 0.25) is 5.91 Å². The van der Waals surface area contributed by atoms with Crippen LogP contribution in [-0.4, -0.2) is 12.5 Å². The van der Waals surface area contributed by atoms with E-state index in [1.807, 2.05) is 31.2 Å². The predicted molar refractivity (Wildman–Crippen MR) is 126 cm³/mol. The maximum Gasteiger partial charge on any atom is 0.224 e. The van der Waals surface area contributed by atoms with Crippen molar-refractivity contribution >= 4 is 11.6 Å². The second kappa shape index (κ2) is 18.3. The van der Waals surface area contributed by atoms with Crippen molar-refractivity contribution in [3.05, 3.63) is 36.4 Å². The van der Waals surface area contributed by atoms with Gasteiger partial charge in [-0.05, 0) is 63.3 Å². The summed E-state index contributed by atoms with van der Waals surface area (Å²) in [6.07, 6.45) is 21.9. The van der Waals surface area contributed by atoms with Crippen molar-refractivity contribution in [1.82, 2.24) is 0 Å². The Bertz CT molecular complexity index is 536. The molecule has 0 radical (unpaired) electrons. The molecular weight excluding hydrogens is 358 g/mol. The zero-order chi connectivity index (χ0) is 21.0. The molecule has 0 aliphatic rings. The van der Waals surface area contributed by atoms with Crippen LogP contribution in [0.3, 0.4) is 0 Å². The lowest BCUT2D eigenvalue weighted by atomic mass is 10.1. The van der Waals surface area contributed by atoms with E-state index in [1.54, 1.807) is 0 Å². The van der Waals surface area contributed by atoms with Crippen molar-refractivity contribution < 1.29 is 9.53 Å². The topological polar surface area (TPSA) is 38.3 Å². The standard InChI is InChI=1S/C26H43NO2/c1-3-5-6-7-8-9-10-11-12-13-14-15-16-17-18-19-26(28)27-24-20-22-25(23-21-24)29-4-2/h11-12,20-23H,3-10,13-19H2,1-2H3,(H,27,28)/b12-11-. The Hall–Kier alpha value is -1.77. The van der Waals surface area contributed by atoms with E-state index in [0.29, 0.717) is 13.0 Å². The van der Waals surface area contributed by atoms with Gasteiger partial charge in [-0.25, -0.2) is 0 Å². The fraction of sp³-hybridized carbons (Fsp3) is 0.654. The first-order valence-electron chi connectivity index (χ1n) is 11.9. The van der Waals surface area contributed by atoms with Gasteiger partial charge in [-0.3, -0.25) is 4.79 Å². The highest BCUT2D eigenvalue weighted by molar-refractivity contribution is 5.90. The monoisotopic (exact) mass is 401 g/mol. The van der Waals surface area contributed by atoms with Crippen LogP contribution >= 0.6 is 0 Å². The molecule has 1 N–H and O–H groups in total. The molecule has 1 rings (SSSR count). The summed E-state index contributed by atoms with van der Waals surface area (Å²) in [5.41, 5.74) is 0.839. The lowest BCUT2D eigenvalue weighted by molar-refractivity contribution is -0.116. The molecule has 3 heteroatoms. The molecular formula is C26H43NO2. The molecule has 0 saturated heterocycles. The van der Waals surface area contributed by atoms with E-state index in [0.717, 1.165) is 24.3 Å². The number of rotatable bonds is 18. The fourth-order valence-corrected chi connectivity index (χ4v) is 3.38. The van der Waals surface area contributed by atoms with Crippen molar-refractivity contribution in [2.75, 3.05) is 11.9 Å². The highest BCUT2D eigenvalue weighted by atomic mass is 16.5. The van der Waals surface area contributed by atoms with E-state index in [-0.39, 0.29) is 5.91 Å². The second-order valence-electron chi connectivity index (χ2n) is 7.84. The van der Waals surface area contributed by atoms with Crippen molar-refractivity contribution in [2.24, 2.45) is 0 Å². The minimum atomic E-state index is 0.104. The van der Waals surface area contributed by atoms with Gasteiger partial charge in [-0.1, -0.05) is 70.4 Å². The Morgan fingerprint density at radius 3 is 1.93 bits per heavy atom. The van der Waals surface area contributed by atoms with Crippen LogP contribution in [0.5, 0.6) is 5.75 Å². The molecule has 164 valence electrons. The normalized spacial score (nSPS) is 11.1. The Labute approximate surface area is 179 Å². The molecule has 0 bridgehead atoms. The Balaban J connectivity index is 1.91. The predicted octanol–water partition coefficient (Wildman–Crippen LogP) is 8.06. The summed E-state index contributed by atoms with van der Waals surface area (Å²) in [6.45, 7) is 4.88. The van der Waals surface area contributed by atoms with Gasteiger partial charge in [0, 0.05) is 12.1 Å². The van der Waals surface area contributed by atoms with Gasteiger partial charge in [0.05, 0.1) is 6.61 Å². The number of unbranched alkanes of at least 4 members (excludes halogenated alkanes) is 11. The summed E-state index contributed by atoms with van der Waals surface area (Å²) >= 11 is 0. The Morgan fingerprint density at radius 1 is 0.793 bits per heavy atom. The number of amides is 1.